The van der Waals surface area contributed by atoms with Gasteiger partial charge < -0.3 is 9.88 Å². The van der Waals surface area contributed by atoms with Gasteiger partial charge in [0.25, 0.3) is 5.91 Å². The van der Waals surface area contributed by atoms with Gasteiger partial charge in [0.2, 0.25) is 0 Å². The number of benzene rings is 3. The molecule has 0 fully saturated rings. The molecule has 1 aliphatic rings. The van der Waals surface area contributed by atoms with Crippen LogP contribution in [0.2, 0.25) is 5.02 Å². The normalized spacial score (nSPS) is 16.0. The summed E-state index contributed by atoms with van der Waals surface area (Å²) in [6, 6.07) is 23.3. The minimum absolute atomic E-state index is 0.00253. The summed E-state index contributed by atoms with van der Waals surface area (Å²) in [5.41, 5.74) is 4.62. The van der Waals surface area contributed by atoms with E-state index in [-0.39, 0.29) is 12.1 Å². The molecule has 1 atom stereocenters. The van der Waals surface area contributed by atoms with Gasteiger partial charge in [-0.25, -0.2) is 0 Å². The Morgan fingerprint density at radius 2 is 1.68 bits per heavy atom. The number of para-hydroxylation sites is 2. The summed E-state index contributed by atoms with van der Waals surface area (Å²) in [7, 11) is 0. The molecule has 1 aliphatic heterocycles. The Labute approximate surface area is 172 Å². The third-order valence-corrected chi connectivity index (χ3v) is 5.71. The van der Waals surface area contributed by atoms with E-state index in [1.54, 1.807) is 0 Å². The molecule has 2 heterocycles. The van der Waals surface area contributed by atoms with Gasteiger partial charge >= 0.3 is 0 Å². The van der Waals surface area contributed by atoms with Crippen molar-refractivity contribution in [3.63, 3.8) is 0 Å². The number of aromatic nitrogens is 2. The van der Waals surface area contributed by atoms with Gasteiger partial charge in [-0.1, -0.05) is 54.1 Å². The number of fused-ring (bicyclic) bond motifs is 2. The minimum atomic E-state index is -0.303. The van der Waals surface area contributed by atoms with E-state index >= 15 is 0 Å². The zero-order chi connectivity index (χ0) is 19.3. The third-order valence-electron chi connectivity index (χ3n) is 5.16. The van der Waals surface area contributed by atoms with Crippen LogP contribution in [0.5, 0.6) is 0 Å². The first kappa shape index (κ1) is 17.2. The second-order valence-electron chi connectivity index (χ2n) is 6.84. The summed E-state index contributed by atoms with van der Waals surface area (Å²) in [6.07, 6.45) is -0.303. The molecular formula is C22H16ClN3OS. The minimum Gasteiger partial charge on any atom is -0.331 e. The number of nitrogens with one attached hydrogen (secondary N) is 1. The lowest BCUT2D eigenvalue weighted by Gasteiger charge is -2.27. The SMILES string of the molecule is O=C1c2ccccc2C(n2c(=S)[nH]c3ccccc32)N1Cc1ccc(Cl)cc1. The van der Waals surface area contributed by atoms with E-state index in [1.165, 1.54) is 0 Å². The first-order valence-corrected chi connectivity index (χ1v) is 9.76. The molecule has 0 aliphatic carbocycles. The highest BCUT2D eigenvalue weighted by Gasteiger charge is 2.38. The van der Waals surface area contributed by atoms with Crippen molar-refractivity contribution < 1.29 is 4.79 Å². The predicted molar refractivity (Wildman–Crippen MR) is 113 cm³/mol. The van der Waals surface area contributed by atoms with Crippen LogP contribution in [-0.4, -0.2) is 20.4 Å². The fourth-order valence-corrected chi connectivity index (χ4v) is 4.33. The first-order valence-electron chi connectivity index (χ1n) is 8.97. The number of aromatic amines is 1. The van der Waals surface area contributed by atoms with Crippen LogP contribution in [0, 0.1) is 4.77 Å². The van der Waals surface area contributed by atoms with Crippen LogP contribution >= 0.6 is 23.8 Å². The Hall–Kier alpha value is -2.89. The number of hydrogen-bond acceptors (Lipinski definition) is 2. The molecule has 0 bridgehead atoms. The fraction of sp³-hybridized carbons (Fsp3) is 0.0909. The van der Waals surface area contributed by atoms with E-state index in [9.17, 15) is 4.79 Å². The molecule has 0 spiro atoms. The summed E-state index contributed by atoms with van der Waals surface area (Å²) >= 11 is 11.7. The maximum atomic E-state index is 13.3. The van der Waals surface area contributed by atoms with Crippen molar-refractivity contribution >= 4 is 40.8 Å². The van der Waals surface area contributed by atoms with Gasteiger partial charge in [0.1, 0.15) is 6.17 Å². The topological polar surface area (TPSA) is 41.0 Å². The highest BCUT2D eigenvalue weighted by molar-refractivity contribution is 7.71. The lowest BCUT2D eigenvalue weighted by Crippen LogP contribution is -2.31. The maximum absolute atomic E-state index is 13.3. The maximum Gasteiger partial charge on any atom is 0.256 e. The number of carbonyl (C=O) groups excluding carboxylic acids is 1. The van der Waals surface area contributed by atoms with E-state index in [4.69, 9.17) is 23.8 Å². The molecule has 6 heteroatoms. The van der Waals surface area contributed by atoms with Crippen molar-refractivity contribution in [1.82, 2.24) is 14.5 Å². The molecule has 1 amide bonds. The standard InChI is InChI=1S/C22H16ClN3OS/c23-15-11-9-14(10-12-15)13-25-20(16-5-1-2-6-17(16)21(25)27)26-19-8-4-3-7-18(19)24-22(26)28/h1-12,20H,13H2,(H,24,28). The van der Waals surface area contributed by atoms with Crippen LogP contribution in [0.25, 0.3) is 11.0 Å². The Balaban J connectivity index is 1.69. The van der Waals surface area contributed by atoms with Crippen molar-refractivity contribution in [3.05, 3.63) is 99.3 Å². The Bertz CT molecular complexity index is 1260. The summed E-state index contributed by atoms with van der Waals surface area (Å²) in [6.45, 7) is 0.469. The number of nitrogens with zero attached hydrogens (tertiary/aromatic N) is 2. The molecular weight excluding hydrogens is 390 g/mol. The molecule has 1 N–H and O–H groups in total. The van der Waals surface area contributed by atoms with E-state index in [1.807, 2.05) is 82.3 Å². The summed E-state index contributed by atoms with van der Waals surface area (Å²) < 4.78 is 2.63. The molecule has 0 saturated heterocycles. The lowest BCUT2D eigenvalue weighted by atomic mass is 10.1. The number of halogens is 1. The lowest BCUT2D eigenvalue weighted by molar-refractivity contribution is 0.0686. The second kappa shape index (κ2) is 6.62. The Kier molecular flexibility index (Phi) is 4.07. The molecule has 4 aromatic rings. The zero-order valence-corrected chi connectivity index (χ0v) is 16.4. The smallest absolute Gasteiger partial charge is 0.256 e. The van der Waals surface area contributed by atoms with Crippen LogP contribution in [0.1, 0.15) is 27.7 Å². The molecule has 0 saturated carbocycles. The van der Waals surface area contributed by atoms with Gasteiger partial charge in [-0.15, -0.1) is 0 Å². The van der Waals surface area contributed by atoms with E-state index in [0.717, 1.165) is 22.2 Å². The van der Waals surface area contributed by atoms with Gasteiger partial charge in [0.15, 0.2) is 4.77 Å². The van der Waals surface area contributed by atoms with Crippen LogP contribution in [-0.2, 0) is 6.54 Å². The summed E-state index contributed by atoms with van der Waals surface area (Å²) in [5.74, 6) is 0.00253. The average molecular weight is 406 g/mol. The van der Waals surface area contributed by atoms with E-state index < -0.39 is 0 Å². The van der Waals surface area contributed by atoms with Gasteiger partial charge in [-0.05, 0) is 48.1 Å². The van der Waals surface area contributed by atoms with Gasteiger partial charge in [0, 0.05) is 22.7 Å². The molecule has 1 aromatic heterocycles. The fourth-order valence-electron chi connectivity index (χ4n) is 3.89. The number of hydrogen-bond donors (Lipinski definition) is 1. The van der Waals surface area contributed by atoms with Crippen molar-refractivity contribution in [2.45, 2.75) is 12.7 Å². The quantitative estimate of drug-likeness (QED) is 0.453. The monoisotopic (exact) mass is 405 g/mol. The molecule has 1 unspecified atom stereocenters. The largest absolute Gasteiger partial charge is 0.331 e. The van der Waals surface area contributed by atoms with E-state index in [2.05, 4.69) is 4.98 Å². The van der Waals surface area contributed by atoms with Crippen molar-refractivity contribution in [3.8, 4) is 0 Å². The van der Waals surface area contributed by atoms with Crippen LogP contribution in [0.15, 0.2) is 72.8 Å². The number of amides is 1. The zero-order valence-electron chi connectivity index (χ0n) is 14.8. The predicted octanol–water partition coefficient (Wildman–Crippen LogP) is 5.56. The molecule has 3 aromatic carbocycles. The summed E-state index contributed by atoms with van der Waals surface area (Å²) in [4.78, 5) is 18.4. The van der Waals surface area contributed by atoms with Crippen LogP contribution < -0.4 is 0 Å². The molecule has 5 rings (SSSR count). The Morgan fingerprint density at radius 1 is 0.964 bits per heavy atom. The van der Waals surface area contributed by atoms with Crippen molar-refractivity contribution in [2.75, 3.05) is 0 Å². The van der Waals surface area contributed by atoms with Crippen molar-refractivity contribution in [2.24, 2.45) is 0 Å². The third kappa shape index (κ3) is 2.66. The first-order chi connectivity index (χ1) is 13.6. The van der Waals surface area contributed by atoms with Gasteiger partial charge in [-0.2, -0.15) is 0 Å². The van der Waals surface area contributed by atoms with Crippen molar-refractivity contribution in [1.29, 1.82) is 0 Å². The van der Waals surface area contributed by atoms with Gasteiger partial charge in [0.05, 0.1) is 11.0 Å². The number of H-pyrrole nitrogens is 1. The highest BCUT2D eigenvalue weighted by atomic mass is 35.5. The number of rotatable bonds is 3. The molecule has 4 nitrogen and oxygen atoms in total. The summed E-state index contributed by atoms with van der Waals surface area (Å²) in [5, 5.41) is 0.676. The molecule has 28 heavy (non-hydrogen) atoms. The number of carbonyl (C=O) groups is 1. The highest BCUT2D eigenvalue weighted by Crippen LogP contribution is 2.38. The molecule has 0 radical (unpaired) electrons. The van der Waals surface area contributed by atoms with E-state index in [0.29, 0.717) is 21.9 Å². The average Bonchev–Trinajstić information content (AvgIpc) is 3.17. The number of imidazole rings is 1. The molecule has 138 valence electrons. The van der Waals surface area contributed by atoms with Gasteiger partial charge in [-0.3, -0.25) is 9.36 Å². The second-order valence-corrected chi connectivity index (χ2v) is 7.66. The van der Waals surface area contributed by atoms with Crippen LogP contribution in [0.3, 0.4) is 0 Å². The van der Waals surface area contributed by atoms with Crippen LogP contribution in [0.4, 0.5) is 0 Å². The Morgan fingerprint density at radius 3 is 2.50 bits per heavy atom.